The zero-order valence-corrected chi connectivity index (χ0v) is 10.6. The standard InChI is InChI=1S/C10H15N3.2ClH/c1-10(2,11)9-12-6-7-4-3-5-8(7)13-9;;/h6H,3-5,11H2,1-2H3;2*1H. The Bertz CT molecular complexity index is 334. The number of aryl methyl sites for hydroxylation is 2. The highest BCUT2D eigenvalue weighted by Gasteiger charge is 2.21. The molecule has 1 heterocycles. The van der Waals surface area contributed by atoms with Gasteiger partial charge in [0.1, 0.15) is 5.82 Å². The van der Waals surface area contributed by atoms with Gasteiger partial charge >= 0.3 is 0 Å². The number of hydrogen-bond donors (Lipinski definition) is 1. The van der Waals surface area contributed by atoms with Gasteiger partial charge < -0.3 is 5.73 Å². The maximum absolute atomic E-state index is 5.93. The molecule has 15 heavy (non-hydrogen) atoms. The lowest BCUT2D eigenvalue weighted by Gasteiger charge is -2.16. The van der Waals surface area contributed by atoms with E-state index >= 15 is 0 Å². The number of nitrogens with two attached hydrogens (primary N) is 1. The van der Waals surface area contributed by atoms with Crippen LogP contribution in [0.2, 0.25) is 0 Å². The molecule has 0 saturated heterocycles. The molecule has 5 heteroatoms. The van der Waals surface area contributed by atoms with Crippen LogP contribution in [0.5, 0.6) is 0 Å². The predicted molar refractivity (Wildman–Crippen MR) is 65.8 cm³/mol. The fourth-order valence-electron chi connectivity index (χ4n) is 1.62. The second-order valence-electron chi connectivity index (χ2n) is 4.24. The first kappa shape index (κ1) is 14.6. The van der Waals surface area contributed by atoms with Crippen molar-refractivity contribution in [3.63, 3.8) is 0 Å². The first-order valence-electron chi connectivity index (χ1n) is 4.71. The van der Waals surface area contributed by atoms with Crippen LogP contribution in [-0.2, 0) is 18.4 Å². The van der Waals surface area contributed by atoms with E-state index in [1.807, 2.05) is 20.0 Å². The molecular formula is C10H17Cl2N3. The lowest BCUT2D eigenvalue weighted by Crippen LogP contribution is -2.31. The van der Waals surface area contributed by atoms with E-state index in [1.54, 1.807) is 0 Å². The van der Waals surface area contributed by atoms with Gasteiger partial charge in [-0.15, -0.1) is 24.8 Å². The number of fused-ring (bicyclic) bond motifs is 1. The Balaban J connectivity index is 0.000000980. The maximum Gasteiger partial charge on any atom is 0.147 e. The summed E-state index contributed by atoms with van der Waals surface area (Å²) in [6.07, 6.45) is 5.35. The number of nitrogens with zero attached hydrogens (tertiary/aromatic N) is 2. The lowest BCUT2D eigenvalue weighted by atomic mass is 10.1. The second-order valence-corrected chi connectivity index (χ2v) is 4.24. The van der Waals surface area contributed by atoms with Crippen LogP contribution in [0.15, 0.2) is 6.20 Å². The van der Waals surface area contributed by atoms with Crippen molar-refractivity contribution in [3.8, 4) is 0 Å². The highest BCUT2D eigenvalue weighted by Crippen LogP contribution is 2.21. The van der Waals surface area contributed by atoms with Gasteiger partial charge in [-0.2, -0.15) is 0 Å². The van der Waals surface area contributed by atoms with Crippen molar-refractivity contribution in [1.82, 2.24) is 9.97 Å². The van der Waals surface area contributed by atoms with Gasteiger partial charge in [-0.1, -0.05) is 0 Å². The highest BCUT2D eigenvalue weighted by atomic mass is 35.5. The minimum Gasteiger partial charge on any atom is -0.319 e. The summed E-state index contributed by atoms with van der Waals surface area (Å²) in [5.74, 6) is 0.758. The van der Waals surface area contributed by atoms with E-state index in [9.17, 15) is 0 Å². The Labute approximate surface area is 103 Å². The van der Waals surface area contributed by atoms with E-state index in [-0.39, 0.29) is 24.8 Å². The fourth-order valence-corrected chi connectivity index (χ4v) is 1.62. The zero-order valence-electron chi connectivity index (χ0n) is 8.99. The van der Waals surface area contributed by atoms with Crippen molar-refractivity contribution in [2.45, 2.75) is 38.6 Å². The fraction of sp³-hybridized carbons (Fsp3) is 0.600. The Hall–Kier alpha value is -0.380. The van der Waals surface area contributed by atoms with E-state index < -0.39 is 5.54 Å². The van der Waals surface area contributed by atoms with Crippen LogP contribution in [0, 0.1) is 0 Å². The third kappa shape index (κ3) is 3.03. The molecule has 0 aromatic carbocycles. The molecule has 0 saturated carbocycles. The Kier molecular flexibility index (Phi) is 4.97. The van der Waals surface area contributed by atoms with Crippen LogP contribution >= 0.6 is 24.8 Å². The molecule has 1 aliphatic carbocycles. The first-order valence-corrected chi connectivity index (χ1v) is 4.71. The Morgan fingerprint density at radius 3 is 2.53 bits per heavy atom. The van der Waals surface area contributed by atoms with Gasteiger partial charge in [-0.25, -0.2) is 9.97 Å². The summed E-state index contributed by atoms with van der Waals surface area (Å²) in [7, 11) is 0. The molecule has 2 rings (SSSR count). The largest absolute Gasteiger partial charge is 0.319 e. The summed E-state index contributed by atoms with van der Waals surface area (Å²) in [4.78, 5) is 8.77. The van der Waals surface area contributed by atoms with Gasteiger partial charge in [0, 0.05) is 11.9 Å². The van der Waals surface area contributed by atoms with Crippen molar-refractivity contribution in [3.05, 3.63) is 23.3 Å². The smallest absolute Gasteiger partial charge is 0.147 e. The van der Waals surface area contributed by atoms with E-state index in [0.29, 0.717) is 0 Å². The van der Waals surface area contributed by atoms with E-state index in [2.05, 4.69) is 9.97 Å². The number of rotatable bonds is 1. The van der Waals surface area contributed by atoms with Gasteiger partial charge in [0.2, 0.25) is 0 Å². The monoisotopic (exact) mass is 249 g/mol. The van der Waals surface area contributed by atoms with Crippen LogP contribution in [0.4, 0.5) is 0 Å². The molecule has 1 aliphatic rings. The van der Waals surface area contributed by atoms with Crippen LogP contribution < -0.4 is 5.73 Å². The maximum atomic E-state index is 5.93. The molecular weight excluding hydrogens is 233 g/mol. The normalized spacial score (nSPS) is 13.8. The minimum absolute atomic E-state index is 0. The minimum atomic E-state index is -0.419. The molecule has 1 aromatic heterocycles. The van der Waals surface area contributed by atoms with E-state index in [4.69, 9.17) is 5.73 Å². The van der Waals surface area contributed by atoms with Crippen LogP contribution in [0.1, 0.15) is 37.4 Å². The molecule has 3 nitrogen and oxygen atoms in total. The van der Waals surface area contributed by atoms with Crippen molar-refractivity contribution < 1.29 is 0 Å². The molecule has 0 unspecified atom stereocenters. The Morgan fingerprint density at radius 2 is 1.93 bits per heavy atom. The third-order valence-electron chi connectivity index (χ3n) is 2.39. The van der Waals surface area contributed by atoms with Crippen molar-refractivity contribution in [1.29, 1.82) is 0 Å². The molecule has 0 spiro atoms. The SMILES string of the molecule is CC(C)(N)c1ncc2c(n1)CCC2.Cl.Cl. The van der Waals surface area contributed by atoms with Crippen LogP contribution in [0.25, 0.3) is 0 Å². The lowest BCUT2D eigenvalue weighted by molar-refractivity contribution is 0.511. The molecule has 0 radical (unpaired) electrons. The van der Waals surface area contributed by atoms with Gasteiger partial charge in [-0.3, -0.25) is 0 Å². The summed E-state index contributed by atoms with van der Waals surface area (Å²) >= 11 is 0. The van der Waals surface area contributed by atoms with E-state index in [0.717, 1.165) is 18.7 Å². The topological polar surface area (TPSA) is 51.8 Å². The average molecular weight is 250 g/mol. The van der Waals surface area contributed by atoms with Crippen LogP contribution in [0.3, 0.4) is 0 Å². The second kappa shape index (κ2) is 5.10. The predicted octanol–water partition coefficient (Wildman–Crippen LogP) is 2.00. The summed E-state index contributed by atoms with van der Waals surface area (Å²) in [5, 5.41) is 0. The molecule has 0 amide bonds. The molecule has 0 bridgehead atoms. The van der Waals surface area contributed by atoms with Crippen LogP contribution in [-0.4, -0.2) is 9.97 Å². The number of aromatic nitrogens is 2. The summed E-state index contributed by atoms with van der Waals surface area (Å²) < 4.78 is 0. The summed E-state index contributed by atoms with van der Waals surface area (Å²) in [5.41, 5.74) is 8.00. The molecule has 1 aromatic rings. The third-order valence-corrected chi connectivity index (χ3v) is 2.39. The zero-order chi connectivity index (χ0) is 9.47. The van der Waals surface area contributed by atoms with Gasteiger partial charge in [0.05, 0.1) is 5.54 Å². The summed E-state index contributed by atoms with van der Waals surface area (Å²) in [6, 6.07) is 0. The van der Waals surface area contributed by atoms with E-state index in [1.165, 1.54) is 17.7 Å². The number of hydrogen-bond acceptors (Lipinski definition) is 3. The quantitative estimate of drug-likeness (QED) is 0.829. The van der Waals surface area contributed by atoms with Crippen molar-refractivity contribution in [2.24, 2.45) is 5.73 Å². The molecule has 0 atom stereocenters. The number of halogens is 2. The average Bonchev–Trinajstić information content (AvgIpc) is 2.47. The van der Waals surface area contributed by atoms with Gasteiger partial charge in [0.15, 0.2) is 0 Å². The Morgan fingerprint density at radius 1 is 1.27 bits per heavy atom. The highest BCUT2D eigenvalue weighted by molar-refractivity contribution is 5.85. The van der Waals surface area contributed by atoms with Gasteiger partial charge in [0.25, 0.3) is 0 Å². The molecule has 86 valence electrons. The van der Waals surface area contributed by atoms with Gasteiger partial charge in [-0.05, 0) is 38.7 Å². The first-order chi connectivity index (χ1) is 6.07. The van der Waals surface area contributed by atoms with Crippen molar-refractivity contribution in [2.75, 3.05) is 0 Å². The molecule has 0 fully saturated rings. The molecule has 0 aliphatic heterocycles. The summed E-state index contributed by atoms with van der Waals surface area (Å²) in [6.45, 7) is 3.87. The molecule has 2 N–H and O–H groups in total. The van der Waals surface area contributed by atoms with Crippen molar-refractivity contribution >= 4 is 24.8 Å².